The zero-order valence-corrected chi connectivity index (χ0v) is 10.5. The highest BCUT2D eigenvalue weighted by atomic mass is 35.5. The molecule has 1 aromatic rings. The smallest absolute Gasteiger partial charge is 0.181 e. The minimum Gasteiger partial charge on any atom is -0.495 e. The molecule has 1 rings (SSSR count). The maximum Gasteiger partial charge on any atom is 0.181 e. The highest BCUT2D eigenvalue weighted by molar-refractivity contribution is 6.40. The molecule has 0 aromatic heterocycles. The molecule has 0 aliphatic rings. The molecule has 1 unspecified atom stereocenters. The predicted molar refractivity (Wildman–Crippen MR) is 62.7 cm³/mol. The van der Waals surface area contributed by atoms with Gasteiger partial charge in [0.25, 0.3) is 0 Å². The van der Waals surface area contributed by atoms with E-state index in [-0.39, 0.29) is 10.8 Å². The second-order valence-corrected chi connectivity index (χ2v) is 4.42. The number of hydrogen-bond acceptors (Lipinski definition) is 2. The molecule has 0 heterocycles. The van der Waals surface area contributed by atoms with Crippen molar-refractivity contribution in [3.63, 3.8) is 0 Å². The lowest BCUT2D eigenvalue weighted by atomic mass is 10.1. The molecule has 82 valence electrons. The zero-order valence-electron chi connectivity index (χ0n) is 8.18. The fourth-order valence-electron chi connectivity index (χ4n) is 1.09. The highest BCUT2D eigenvalue weighted by Crippen LogP contribution is 2.31. The number of alkyl halides is 1. The molecule has 0 radical (unpaired) electrons. The number of hydrogen-bond donors (Lipinski definition) is 0. The summed E-state index contributed by atoms with van der Waals surface area (Å²) in [6.07, 6.45) is 0. The van der Waals surface area contributed by atoms with E-state index in [9.17, 15) is 4.79 Å². The van der Waals surface area contributed by atoms with Crippen LogP contribution in [0.5, 0.6) is 5.75 Å². The van der Waals surface area contributed by atoms with Crippen LogP contribution in [0.1, 0.15) is 17.3 Å². The Kier molecular flexibility index (Phi) is 4.26. The van der Waals surface area contributed by atoms with Crippen LogP contribution in [0, 0.1) is 0 Å². The molecule has 0 aliphatic heterocycles. The largest absolute Gasteiger partial charge is 0.495 e. The molecule has 0 amide bonds. The van der Waals surface area contributed by atoms with Gasteiger partial charge in [-0.25, -0.2) is 0 Å². The first kappa shape index (κ1) is 12.6. The Bertz CT molecular complexity index is 388. The van der Waals surface area contributed by atoms with Crippen LogP contribution in [0.3, 0.4) is 0 Å². The molecule has 0 N–H and O–H groups in total. The third-order valence-corrected chi connectivity index (χ3v) is 2.67. The summed E-state index contributed by atoms with van der Waals surface area (Å²) >= 11 is 17.5. The zero-order chi connectivity index (χ0) is 11.6. The molecule has 1 atom stereocenters. The van der Waals surface area contributed by atoms with Gasteiger partial charge in [-0.05, 0) is 13.0 Å². The van der Waals surface area contributed by atoms with Gasteiger partial charge in [-0.1, -0.05) is 23.2 Å². The van der Waals surface area contributed by atoms with E-state index < -0.39 is 5.38 Å². The molecule has 1 aromatic carbocycles. The predicted octanol–water partition coefficient (Wildman–Crippen LogP) is 3.81. The van der Waals surface area contributed by atoms with E-state index in [2.05, 4.69) is 0 Å². The summed E-state index contributed by atoms with van der Waals surface area (Å²) < 4.78 is 4.96. The van der Waals surface area contributed by atoms with Crippen LogP contribution < -0.4 is 4.74 Å². The molecule has 0 spiro atoms. The fraction of sp³-hybridized carbons (Fsp3) is 0.300. The van der Waals surface area contributed by atoms with Crippen molar-refractivity contribution in [1.29, 1.82) is 0 Å². The lowest BCUT2D eigenvalue weighted by Crippen LogP contribution is -2.11. The van der Waals surface area contributed by atoms with Crippen molar-refractivity contribution in [2.45, 2.75) is 12.3 Å². The highest BCUT2D eigenvalue weighted by Gasteiger charge is 2.18. The molecular formula is C10H9Cl3O2. The first-order chi connectivity index (χ1) is 6.97. The van der Waals surface area contributed by atoms with Crippen LogP contribution in [-0.4, -0.2) is 18.3 Å². The summed E-state index contributed by atoms with van der Waals surface area (Å²) in [5.41, 5.74) is 0.310. The standard InChI is InChI=1S/C10H9Cl3O2/c1-5(11)10(14)6-3-8(13)9(15-2)4-7(6)12/h3-5H,1-2H3. The molecule has 0 saturated heterocycles. The number of Topliss-reactive ketones (excluding diaryl/α,β-unsaturated/α-hetero) is 1. The molecule has 2 nitrogen and oxygen atoms in total. The SMILES string of the molecule is COc1cc(Cl)c(C(=O)C(C)Cl)cc1Cl. The van der Waals surface area contributed by atoms with E-state index in [4.69, 9.17) is 39.5 Å². The Labute approximate surface area is 103 Å². The van der Waals surface area contributed by atoms with Crippen molar-refractivity contribution >= 4 is 40.6 Å². The van der Waals surface area contributed by atoms with Crippen molar-refractivity contribution in [2.24, 2.45) is 0 Å². The number of carbonyl (C=O) groups is 1. The number of benzene rings is 1. The number of ketones is 1. The Morgan fingerprint density at radius 2 is 1.93 bits per heavy atom. The van der Waals surface area contributed by atoms with E-state index in [1.165, 1.54) is 19.2 Å². The first-order valence-electron chi connectivity index (χ1n) is 4.18. The lowest BCUT2D eigenvalue weighted by Gasteiger charge is -2.08. The monoisotopic (exact) mass is 266 g/mol. The molecule has 15 heavy (non-hydrogen) atoms. The van der Waals surface area contributed by atoms with E-state index >= 15 is 0 Å². The van der Waals surface area contributed by atoms with Crippen molar-refractivity contribution < 1.29 is 9.53 Å². The van der Waals surface area contributed by atoms with Crippen LogP contribution in [0.25, 0.3) is 0 Å². The Hall–Kier alpha value is -0.440. The van der Waals surface area contributed by atoms with Gasteiger partial charge in [0.15, 0.2) is 5.78 Å². The molecule has 5 heteroatoms. The van der Waals surface area contributed by atoms with Gasteiger partial charge >= 0.3 is 0 Å². The summed E-state index contributed by atoms with van der Waals surface area (Å²) in [6, 6.07) is 2.96. The Morgan fingerprint density at radius 1 is 1.33 bits per heavy atom. The molecule has 0 bridgehead atoms. The van der Waals surface area contributed by atoms with Gasteiger partial charge in [-0.3, -0.25) is 4.79 Å². The van der Waals surface area contributed by atoms with Gasteiger partial charge < -0.3 is 4.74 Å². The maximum absolute atomic E-state index is 11.6. The van der Waals surface area contributed by atoms with Gasteiger partial charge in [0.2, 0.25) is 0 Å². The van der Waals surface area contributed by atoms with Crippen LogP contribution in [0.4, 0.5) is 0 Å². The fourth-order valence-corrected chi connectivity index (χ4v) is 1.69. The minimum atomic E-state index is -0.632. The van der Waals surface area contributed by atoms with Crippen LogP contribution >= 0.6 is 34.8 Å². The maximum atomic E-state index is 11.6. The minimum absolute atomic E-state index is 0.258. The number of carbonyl (C=O) groups excluding carboxylic acids is 1. The number of rotatable bonds is 3. The topological polar surface area (TPSA) is 26.3 Å². The summed E-state index contributed by atoms with van der Waals surface area (Å²) in [4.78, 5) is 11.6. The average molecular weight is 268 g/mol. The first-order valence-corrected chi connectivity index (χ1v) is 5.38. The number of halogens is 3. The molecular weight excluding hydrogens is 258 g/mol. The number of methoxy groups -OCH3 is 1. The van der Waals surface area contributed by atoms with Gasteiger partial charge in [0.05, 0.1) is 22.5 Å². The quantitative estimate of drug-likeness (QED) is 0.615. The Morgan fingerprint density at radius 3 is 2.40 bits per heavy atom. The van der Waals surface area contributed by atoms with E-state index in [1.807, 2.05) is 0 Å². The molecule has 0 saturated carbocycles. The van der Waals surface area contributed by atoms with Crippen LogP contribution in [-0.2, 0) is 0 Å². The van der Waals surface area contributed by atoms with Gasteiger partial charge in [0.1, 0.15) is 5.75 Å². The summed E-state index contributed by atoms with van der Waals surface area (Å²) in [5.74, 6) is 0.173. The van der Waals surface area contributed by atoms with E-state index in [1.54, 1.807) is 6.92 Å². The third-order valence-electron chi connectivity index (χ3n) is 1.87. The van der Waals surface area contributed by atoms with Crippen LogP contribution in [0.2, 0.25) is 10.0 Å². The van der Waals surface area contributed by atoms with Crippen molar-refractivity contribution in [3.8, 4) is 5.75 Å². The van der Waals surface area contributed by atoms with Crippen molar-refractivity contribution in [1.82, 2.24) is 0 Å². The summed E-state index contributed by atoms with van der Waals surface area (Å²) in [6.45, 7) is 1.58. The molecule has 0 fully saturated rings. The number of ether oxygens (including phenoxy) is 1. The second kappa shape index (κ2) is 5.06. The summed E-state index contributed by atoms with van der Waals surface area (Å²) in [5, 5.41) is -0.0109. The van der Waals surface area contributed by atoms with Gasteiger partial charge in [-0.15, -0.1) is 11.6 Å². The summed E-state index contributed by atoms with van der Waals surface area (Å²) in [7, 11) is 1.48. The third kappa shape index (κ3) is 2.77. The average Bonchev–Trinajstić information content (AvgIpc) is 2.19. The normalized spacial score (nSPS) is 12.3. The van der Waals surface area contributed by atoms with E-state index in [0.717, 1.165) is 0 Å². The second-order valence-electron chi connectivity index (χ2n) is 2.95. The van der Waals surface area contributed by atoms with Crippen molar-refractivity contribution in [2.75, 3.05) is 7.11 Å². The Balaban J connectivity index is 3.22. The lowest BCUT2D eigenvalue weighted by molar-refractivity contribution is 0.0992. The van der Waals surface area contributed by atoms with Gasteiger partial charge in [-0.2, -0.15) is 0 Å². The van der Waals surface area contributed by atoms with Gasteiger partial charge in [0, 0.05) is 11.6 Å². The van der Waals surface area contributed by atoms with E-state index in [0.29, 0.717) is 16.3 Å². The van der Waals surface area contributed by atoms with Crippen molar-refractivity contribution in [3.05, 3.63) is 27.7 Å². The van der Waals surface area contributed by atoms with Crippen LogP contribution in [0.15, 0.2) is 12.1 Å². The molecule has 0 aliphatic carbocycles.